The number of hydrogen-bond acceptors (Lipinski definition) is 2. The maximum atomic E-state index is 11.7. The molecular formula is C10H20N2O. The Morgan fingerprint density at radius 3 is 2.31 bits per heavy atom. The third-order valence-corrected chi connectivity index (χ3v) is 2.85. The Morgan fingerprint density at radius 2 is 1.85 bits per heavy atom. The van der Waals surface area contributed by atoms with Gasteiger partial charge in [-0.2, -0.15) is 0 Å². The summed E-state index contributed by atoms with van der Waals surface area (Å²) >= 11 is 0. The van der Waals surface area contributed by atoms with E-state index in [1.165, 1.54) is 0 Å². The number of carbonyl (C=O) groups excluding carboxylic acids is 1. The summed E-state index contributed by atoms with van der Waals surface area (Å²) < 4.78 is 0. The van der Waals surface area contributed by atoms with Gasteiger partial charge >= 0.3 is 0 Å². The minimum absolute atomic E-state index is 0.198. The molecule has 1 heterocycles. The standard InChI is InChI=1S/C10H20N2O/c1-4-9(2)10(13)12-7-5-11(3)6-8-12/h9H,4-8H2,1-3H3/t9-/m0/s1. The molecule has 3 nitrogen and oxygen atoms in total. The summed E-state index contributed by atoms with van der Waals surface area (Å²) in [4.78, 5) is 16.0. The third-order valence-electron chi connectivity index (χ3n) is 2.85. The van der Waals surface area contributed by atoms with Crippen molar-refractivity contribution in [2.45, 2.75) is 20.3 Å². The van der Waals surface area contributed by atoms with Gasteiger partial charge in [0.05, 0.1) is 0 Å². The molecule has 3 heteroatoms. The van der Waals surface area contributed by atoms with E-state index in [9.17, 15) is 4.79 Å². The van der Waals surface area contributed by atoms with E-state index in [1.54, 1.807) is 0 Å². The van der Waals surface area contributed by atoms with Crippen LogP contribution in [0.3, 0.4) is 0 Å². The lowest BCUT2D eigenvalue weighted by Gasteiger charge is -2.33. The number of rotatable bonds is 2. The van der Waals surface area contributed by atoms with Gasteiger partial charge in [-0.25, -0.2) is 0 Å². The molecule has 0 aromatic heterocycles. The topological polar surface area (TPSA) is 23.6 Å². The summed E-state index contributed by atoms with van der Waals surface area (Å²) in [5.74, 6) is 0.527. The molecule has 76 valence electrons. The lowest BCUT2D eigenvalue weighted by Crippen LogP contribution is -2.48. The summed E-state index contributed by atoms with van der Waals surface area (Å²) in [5.41, 5.74) is 0. The van der Waals surface area contributed by atoms with E-state index in [2.05, 4.69) is 18.9 Å². The van der Waals surface area contributed by atoms with E-state index in [1.807, 2.05) is 11.8 Å². The summed E-state index contributed by atoms with van der Waals surface area (Å²) in [6.07, 6.45) is 0.950. The molecule has 1 rings (SSSR count). The van der Waals surface area contributed by atoms with Gasteiger partial charge in [0, 0.05) is 32.1 Å². The second-order valence-electron chi connectivity index (χ2n) is 3.94. The van der Waals surface area contributed by atoms with Crippen LogP contribution < -0.4 is 0 Å². The summed E-state index contributed by atoms with van der Waals surface area (Å²) in [6.45, 7) is 7.92. The van der Waals surface area contributed by atoms with Gasteiger partial charge in [-0.15, -0.1) is 0 Å². The van der Waals surface area contributed by atoms with E-state index in [0.29, 0.717) is 5.91 Å². The van der Waals surface area contributed by atoms with Gasteiger partial charge in [-0.3, -0.25) is 4.79 Å². The van der Waals surface area contributed by atoms with Crippen molar-refractivity contribution < 1.29 is 4.79 Å². The Morgan fingerprint density at radius 1 is 1.31 bits per heavy atom. The normalized spacial score (nSPS) is 21.6. The molecule has 0 radical (unpaired) electrons. The van der Waals surface area contributed by atoms with E-state index in [-0.39, 0.29) is 5.92 Å². The Balaban J connectivity index is 2.40. The van der Waals surface area contributed by atoms with Crippen LogP contribution in [-0.4, -0.2) is 48.9 Å². The van der Waals surface area contributed by atoms with Gasteiger partial charge < -0.3 is 9.80 Å². The van der Waals surface area contributed by atoms with Gasteiger partial charge in [0.15, 0.2) is 0 Å². The van der Waals surface area contributed by atoms with Crippen LogP contribution in [0.1, 0.15) is 20.3 Å². The van der Waals surface area contributed by atoms with Crippen LogP contribution in [0.5, 0.6) is 0 Å². The van der Waals surface area contributed by atoms with E-state index < -0.39 is 0 Å². The molecule has 13 heavy (non-hydrogen) atoms. The van der Waals surface area contributed by atoms with Crippen LogP contribution in [-0.2, 0) is 4.79 Å². The highest BCUT2D eigenvalue weighted by molar-refractivity contribution is 5.78. The minimum Gasteiger partial charge on any atom is -0.340 e. The zero-order valence-corrected chi connectivity index (χ0v) is 8.92. The summed E-state index contributed by atoms with van der Waals surface area (Å²) in [5, 5.41) is 0. The van der Waals surface area contributed by atoms with Crippen molar-refractivity contribution in [1.29, 1.82) is 0 Å². The Labute approximate surface area is 80.7 Å². The number of hydrogen-bond donors (Lipinski definition) is 0. The molecule has 0 saturated carbocycles. The molecule has 1 atom stereocenters. The molecule has 0 aromatic carbocycles. The maximum Gasteiger partial charge on any atom is 0.225 e. The molecule has 0 unspecified atom stereocenters. The van der Waals surface area contributed by atoms with E-state index in [0.717, 1.165) is 32.6 Å². The monoisotopic (exact) mass is 184 g/mol. The minimum atomic E-state index is 0.198. The molecule has 1 aliphatic heterocycles. The number of piperazine rings is 1. The first kappa shape index (κ1) is 10.5. The lowest BCUT2D eigenvalue weighted by atomic mass is 10.1. The van der Waals surface area contributed by atoms with Crippen LogP contribution >= 0.6 is 0 Å². The van der Waals surface area contributed by atoms with Crippen LogP contribution in [0.15, 0.2) is 0 Å². The first-order chi connectivity index (χ1) is 6.15. The smallest absolute Gasteiger partial charge is 0.225 e. The zero-order valence-electron chi connectivity index (χ0n) is 8.92. The average molecular weight is 184 g/mol. The van der Waals surface area contributed by atoms with Crippen LogP contribution in [0.25, 0.3) is 0 Å². The molecule has 0 aliphatic carbocycles. The first-order valence-electron chi connectivity index (χ1n) is 5.12. The number of nitrogens with zero attached hydrogens (tertiary/aromatic N) is 2. The fourth-order valence-corrected chi connectivity index (χ4v) is 1.51. The van der Waals surface area contributed by atoms with Crippen molar-refractivity contribution in [3.63, 3.8) is 0 Å². The summed E-state index contributed by atoms with van der Waals surface area (Å²) in [6, 6.07) is 0. The molecule has 1 fully saturated rings. The van der Waals surface area contributed by atoms with Gasteiger partial charge in [0.2, 0.25) is 5.91 Å². The SMILES string of the molecule is CC[C@H](C)C(=O)N1CCN(C)CC1. The maximum absolute atomic E-state index is 11.7. The van der Waals surface area contributed by atoms with E-state index >= 15 is 0 Å². The fourth-order valence-electron chi connectivity index (χ4n) is 1.51. The van der Waals surface area contributed by atoms with Crippen molar-refractivity contribution in [2.75, 3.05) is 33.2 Å². The predicted octanol–water partition coefficient (Wildman–Crippen LogP) is 0.806. The molecule has 1 saturated heterocycles. The van der Waals surface area contributed by atoms with Gasteiger partial charge in [-0.05, 0) is 13.5 Å². The zero-order chi connectivity index (χ0) is 9.84. The highest BCUT2D eigenvalue weighted by Crippen LogP contribution is 2.08. The van der Waals surface area contributed by atoms with Crippen LogP contribution in [0.2, 0.25) is 0 Å². The largest absolute Gasteiger partial charge is 0.340 e. The molecule has 1 aliphatic rings. The second kappa shape index (κ2) is 4.61. The Hall–Kier alpha value is -0.570. The van der Waals surface area contributed by atoms with Crippen molar-refractivity contribution in [3.05, 3.63) is 0 Å². The lowest BCUT2D eigenvalue weighted by molar-refractivity contribution is -0.136. The first-order valence-corrected chi connectivity index (χ1v) is 5.12. The third kappa shape index (κ3) is 2.69. The average Bonchev–Trinajstić information content (AvgIpc) is 2.17. The highest BCUT2D eigenvalue weighted by Gasteiger charge is 2.22. The molecule has 0 aromatic rings. The number of likely N-dealkylation sites (N-methyl/N-ethyl adjacent to an activating group) is 1. The molecule has 0 bridgehead atoms. The van der Waals surface area contributed by atoms with Gasteiger partial charge in [0.25, 0.3) is 0 Å². The van der Waals surface area contributed by atoms with Gasteiger partial charge in [-0.1, -0.05) is 13.8 Å². The number of amides is 1. The predicted molar refractivity (Wildman–Crippen MR) is 53.5 cm³/mol. The Bertz CT molecular complexity index is 174. The molecule has 0 N–H and O–H groups in total. The number of carbonyl (C=O) groups is 1. The van der Waals surface area contributed by atoms with E-state index in [4.69, 9.17) is 0 Å². The molecule has 1 amide bonds. The van der Waals surface area contributed by atoms with Crippen molar-refractivity contribution in [2.24, 2.45) is 5.92 Å². The Kier molecular flexibility index (Phi) is 3.72. The quantitative estimate of drug-likeness (QED) is 0.634. The van der Waals surface area contributed by atoms with Crippen LogP contribution in [0.4, 0.5) is 0 Å². The van der Waals surface area contributed by atoms with Crippen molar-refractivity contribution >= 4 is 5.91 Å². The summed E-state index contributed by atoms with van der Waals surface area (Å²) in [7, 11) is 2.10. The van der Waals surface area contributed by atoms with Crippen LogP contribution in [0, 0.1) is 5.92 Å². The van der Waals surface area contributed by atoms with Gasteiger partial charge in [0.1, 0.15) is 0 Å². The highest BCUT2D eigenvalue weighted by atomic mass is 16.2. The van der Waals surface area contributed by atoms with Crippen molar-refractivity contribution in [1.82, 2.24) is 9.80 Å². The molecular weight excluding hydrogens is 164 g/mol. The second-order valence-corrected chi connectivity index (χ2v) is 3.94. The van der Waals surface area contributed by atoms with Crippen molar-refractivity contribution in [3.8, 4) is 0 Å². The molecule has 0 spiro atoms. The fraction of sp³-hybridized carbons (Fsp3) is 0.900.